The van der Waals surface area contributed by atoms with Gasteiger partial charge in [0.1, 0.15) is 18.2 Å². The van der Waals surface area contributed by atoms with E-state index in [2.05, 4.69) is 15.6 Å². The maximum absolute atomic E-state index is 12.9. The van der Waals surface area contributed by atoms with Gasteiger partial charge in [0, 0.05) is 13.6 Å². The van der Waals surface area contributed by atoms with Crippen molar-refractivity contribution in [3.05, 3.63) is 65.5 Å². The molecule has 0 aromatic heterocycles. The third-order valence-corrected chi connectivity index (χ3v) is 3.25. The van der Waals surface area contributed by atoms with Crippen molar-refractivity contribution in [2.24, 2.45) is 4.99 Å². The number of hydrogen-bond donors (Lipinski definition) is 2. The zero-order valence-electron chi connectivity index (χ0n) is 13.5. The molecule has 4 nitrogen and oxygen atoms in total. The Kier molecular flexibility index (Phi) is 6.41. The highest BCUT2D eigenvalue weighted by molar-refractivity contribution is 5.79. The fraction of sp³-hybridized carbons (Fsp3) is 0.278. The van der Waals surface area contributed by atoms with Gasteiger partial charge in [-0.25, -0.2) is 4.39 Å². The standard InChI is InChI=1S/C18H22FN3O/c1-14-4-3-5-17(12-14)23-11-10-21-18(20-2)22-13-15-6-8-16(19)9-7-15/h3-9,12H,10-11,13H2,1-2H3,(H2,20,21,22). The van der Waals surface area contributed by atoms with E-state index >= 15 is 0 Å². The summed E-state index contributed by atoms with van der Waals surface area (Å²) in [7, 11) is 1.71. The van der Waals surface area contributed by atoms with Crippen molar-refractivity contribution in [2.75, 3.05) is 20.2 Å². The number of rotatable bonds is 6. The topological polar surface area (TPSA) is 45.7 Å². The number of halogens is 1. The molecule has 0 saturated carbocycles. The molecule has 2 N–H and O–H groups in total. The van der Waals surface area contributed by atoms with E-state index in [-0.39, 0.29) is 5.82 Å². The summed E-state index contributed by atoms with van der Waals surface area (Å²) < 4.78 is 18.5. The zero-order valence-corrected chi connectivity index (χ0v) is 13.5. The molecular weight excluding hydrogens is 293 g/mol. The Balaban J connectivity index is 1.69. The van der Waals surface area contributed by atoms with Crippen molar-refractivity contribution in [1.29, 1.82) is 0 Å². The SMILES string of the molecule is CN=C(NCCOc1cccc(C)c1)NCc1ccc(F)cc1. The van der Waals surface area contributed by atoms with E-state index < -0.39 is 0 Å². The first-order valence-electron chi connectivity index (χ1n) is 7.56. The normalized spacial score (nSPS) is 11.2. The highest BCUT2D eigenvalue weighted by Crippen LogP contribution is 2.11. The maximum Gasteiger partial charge on any atom is 0.191 e. The van der Waals surface area contributed by atoms with Gasteiger partial charge in [-0.05, 0) is 42.3 Å². The Morgan fingerprint density at radius 1 is 1.13 bits per heavy atom. The Morgan fingerprint density at radius 3 is 2.61 bits per heavy atom. The third kappa shape index (κ3) is 5.98. The van der Waals surface area contributed by atoms with Crippen LogP contribution in [-0.2, 0) is 6.54 Å². The zero-order chi connectivity index (χ0) is 16.5. The largest absolute Gasteiger partial charge is 0.492 e. The molecule has 2 rings (SSSR count). The fourth-order valence-electron chi connectivity index (χ4n) is 2.05. The number of aliphatic imine (C=N–C) groups is 1. The highest BCUT2D eigenvalue weighted by Gasteiger charge is 1.99. The lowest BCUT2D eigenvalue weighted by Gasteiger charge is -2.12. The predicted octanol–water partition coefficient (Wildman–Crippen LogP) is 2.88. The monoisotopic (exact) mass is 315 g/mol. The molecular formula is C18H22FN3O. The molecule has 2 aromatic carbocycles. The van der Waals surface area contributed by atoms with Crippen LogP contribution in [0.4, 0.5) is 4.39 Å². The molecule has 0 atom stereocenters. The number of ether oxygens (including phenoxy) is 1. The first kappa shape index (κ1) is 16.8. The molecule has 0 amide bonds. The summed E-state index contributed by atoms with van der Waals surface area (Å²) in [6.07, 6.45) is 0. The van der Waals surface area contributed by atoms with Crippen LogP contribution < -0.4 is 15.4 Å². The summed E-state index contributed by atoms with van der Waals surface area (Å²) in [5.74, 6) is 1.31. The van der Waals surface area contributed by atoms with Gasteiger partial charge in [0.15, 0.2) is 5.96 Å². The average Bonchev–Trinajstić information content (AvgIpc) is 2.56. The molecule has 0 radical (unpaired) electrons. The molecule has 0 aliphatic carbocycles. The Morgan fingerprint density at radius 2 is 1.91 bits per heavy atom. The molecule has 23 heavy (non-hydrogen) atoms. The van der Waals surface area contributed by atoms with E-state index in [9.17, 15) is 4.39 Å². The van der Waals surface area contributed by atoms with Crippen molar-refractivity contribution in [1.82, 2.24) is 10.6 Å². The van der Waals surface area contributed by atoms with Gasteiger partial charge in [-0.15, -0.1) is 0 Å². The van der Waals surface area contributed by atoms with Crippen LogP contribution in [0, 0.1) is 12.7 Å². The smallest absolute Gasteiger partial charge is 0.191 e. The van der Waals surface area contributed by atoms with Crippen LogP contribution in [0.2, 0.25) is 0 Å². The quantitative estimate of drug-likeness (QED) is 0.489. The second-order valence-corrected chi connectivity index (χ2v) is 5.14. The minimum absolute atomic E-state index is 0.232. The number of nitrogens with zero attached hydrogens (tertiary/aromatic N) is 1. The van der Waals surface area contributed by atoms with E-state index in [1.165, 1.54) is 17.7 Å². The van der Waals surface area contributed by atoms with Crippen LogP contribution in [0.3, 0.4) is 0 Å². The van der Waals surface area contributed by atoms with Gasteiger partial charge in [0.05, 0.1) is 6.54 Å². The molecule has 122 valence electrons. The fourth-order valence-corrected chi connectivity index (χ4v) is 2.05. The molecule has 2 aromatic rings. The van der Waals surface area contributed by atoms with Gasteiger partial charge in [-0.2, -0.15) is 0 Å². The van der Waals surface area contributed by atoms with Crippen molar-refractivity contribution in [3.8, 4) is 5.75 Å². The Labute approximate surface area is 136 Å². The number of guanidine groups is 1. The number of benzene rings is 2. The molecule has 0 unspecified atom stereocenters. The van der Waals surface area contributed by atoms with Crippen LogP contribution in [0.25, 0.3) is 0 Å². The van der Waals surface area contributed by atoms with Gasteiger partial charge < -0.3 is 15.4 Å². The van der Waals surface area contributed by atoms with E-state index in [1.807, 2.05) is 31.2 Å². The van der Waals surface area contributed by atoms with Crippen LogP contribution in [0.5, 0.6) is 5.75 Å². The van der Waals surface area contributed by atoms with Crippen LogP contribution in [0.15, 0.2) is 53.5 Å². The predicted molar refractivity (Wildman–Crippen MR) is 91.3 cm³/mol. The van der Waals surface area contributed by atoms with Crippen LogP contribution in [-0.4, -0.2) is 26.2 Å². The summed E-state index contributed by atoms with van der Waals surface area (Å²) in [5, 5.41) is 6.35. The number of hydrogen-bond acceptors (Lipinski definition) is 2. The van der Waals surface area contributed by atoms with Gasteiger partial charge in [0.25, 0.3) is 0 Å². The average molecular weight is 315 g/mol. The summed E-state index contributed by atoms with van der Waals surface area (Å²) in [6, 6.07) is 14.3. The van der Waals surface area contributed by atoms with Crippen LogP contribution in [0.1, 0.15) is 11.1 Å². The molecule has 0 saturated heterocycles. The minimum atomic E-state index is -0.232. The first-order valence-corrected chi connectivity index (χ1v) is 7.56. The second-order valence-electron chi connectivity index (χ2n) is 5.14. The lowest BCUT2D eigenvalue weighted by atomic mass is 10.2. The lowest BCUT2D eigenvalue weighted by molar-refractivity contribution is 0.321. The molecule has 5 heteroatoms. The summed E-state index contributed by atoms with van der Waals surface area (Å²) in [6.45, 7) is 3.79. The van der Waals surface area contributed by atoms with Gasteiger partial charge in [-0.1, -0.05) is 24.3 Å². The molecule has 0 aliphatic rings. The van der Waals surface area contributed by atoms with E-state index in [1.54, 1.807) is 19.2 Å². The van der Waals surface area contributed by atoms with E-state index in [0.29, 0.717) is 25.7 Å². The highest BCUT2D eigenvalue weighted by atomic mass is 19.1. The lowest BCUT2D eigenvalue weighted by Crippen LogP contribution is -2.38. The van der Waals surface area contributed by atoms with Crippen LogP contribution >= 0.6 is 0 Å². The minimum Gasteiger partial charge on any atom is -0.492 e. The second kappa shape index (κ2) is 8.78. The molecule has 0 spiro atoms. The number of aryl methyl sites for hydroxylation is 1. The third-order valence-electron chi connectivity index (χ3n) is 3.25. The van der Waals surface area contributed by atoms with Crippen molar-refractivity contribution < 1.29 is 9.13 Å². The van der Waals surface area contributed by atoms with Crippen molar-refractivity contribution in [2.45, 2.75) is 13.5 Å². The number of nitrogens with one attached hydrogen (secondary N) is 2. The maximum atomic E-state index is 12.9. The Bertz CT molecular complexity index is 641. The van der Waals surface area contributed by atoms with Crippen molar-refractivity contribution >= 4 is 5.96 Å². The summed E-state index contributed by atoms with van der Waals surface area (Å²) >= 11 is 0. The summed E-state index contributed by atoms with van der Waals surface area (Å²) in [4.78, 5) is 4.14. The molecule has 0 fully saturated rings. The Hall–Kier alpha value is -2.56. The van der Waals surface area contributed by atoms with Gasteiger partial charge >= 0.3 is 0 Å². The molecule has 0 heterocycles. The van der Waals surface area contributed by atoms with Crippen molar-refractivity contribution in [3.63, 3.8) is 0 Å². The molecule has 0 aliphatic heterocycles. The van der Waals surface area contributed by atoms with Gasteiger partial charge in [0.2, 0.25) is 0 Å². The van der Waals surface area contributed by atoms with Gasteiger partial charge in [-0.3, -0.25) is 4.99 Å². The van der Waals surface area contributed by atoms with E-state index in [4.69, 9.17) is 4.74 Å². The summed E-state index contributed by atoms with van der Waals surface area (Å²) in [5.41, 5.74) is 2.16. The molecule has 0 bridgehead atoms. The first-order chi connectivity index (χ1) is 11.2. The van der Waals surface area contributed by atoms with E-state index in [0.717, 1.165) is 11.3 Å².